The Bertz CT molecular complexity index is 575. The van der Waals surface area contributed by atoms with Crippen molar-refractivity contribution in [2.45, 2.75) is 58.0 Å². The highest BCUT2D eigenvalue weighted by atomic mass is 16.5. The van der Waals surface area contributed by atoms with Gasteiger partial charge >= 0.3 is 0 Å². The van der Waals surface area contributed by atoms with Crippen LogP contribution < -0.4 is 4.74 Å². The summed E-state index contributed by atoms with van der Waals surface area (Å²) in [4.78, 5) is 11.1. The lowest BCUT2D eigenvalue weighted by Crippen LogP contribution is -2.15. The van der Waals surface area contributed by atoms with Crippen LogP contribution >= 0.6 is 0 Å². The number of ether oxygens (including phenoxy) is 1. The molecular formula is C20H26O2. The molecule has 2 nitrogen and oxygen atoms in total. The molecule has 2 heteroatoms. The number of hydrogen-bond donors (Lipinski definition) is 0. The number of para-hydroxylation sites is 1. The van der Waals surface area contributed by atoms with E-state index in [1.807, 2.05) is 0 Å². The van der Waals surface area contributed by atoms with Crippen molar-refractivity contribution >= 4 is 5.78 Å². The Labute approximate surface area is 133 Å². The van der Waals surface area contributed by atoms with Crippen LogP contribution in [0.4, 0.5) is 0 Å². The fourth-order valence-electron chi connectivity index (χ4n) is 4.33. The number of hydrogen-bond acceptors (Lipinski definition) is 2. The number of allylic oxidation sites excluding steroid dienone is 1. The number of carbonyl (C=O) groups is 1. The van der Waals surface area contributed by atoms with Crippen LogP contribution in [-0.2, 0) is 11.2 Å². The molecule has 1 aliphatic heterocycles. The quantitative estimate of drug-likeness (QED) is 0.713. The fourth-order valence-corrected chi connectivity index (χ4v) is 4.33. The van der Waals surface area contributed by atoms with Gasteiger partial charge in [-0.05, 0) is 50.0 Å². The summed E-state index contributed by atoms with van der Waals surface area (Å²) in [6, 6.07) is 6.55. The minimum atomic E-state index is 0.269. The van der Waals surface area contributed by atoms with Crippen molar-refractivity contribution in [2.24, 2.45) is 11.8 Å². The Hall–Kier alpha value is -1.57. The Morgan fingerprint density at radius 3 is 3.00 bits per heavy atom. The fraction of sp³-hybridized carbons (Fsp3) is 0.550. The lowest BCUT2D eigenvalue weighted by atomic mass is 9.82. The third-order valence-electron chi connectivity index (χ3n) is 5.37. The molecule has 0 amide bonds. The van der Waals surface area contributed by atoms with Crippen molar-refractivity contribution in [3.8, 4) is 5.75 Å². The number of benzene rings is 1. The summed E-state index contributed by atoms with van der Waals surface area (Å²) in [6.45, 7) is 7.93. The summed E-state index contributed by atoms with van der Waals surface area (Å²) in [6.07, 6.45) is 7.11. The van der Waals surface area contributed by atoms with E-state index >= 15 is 0 Å². The molecule has 3 rings (SSSR count). The highest BCUT2D eigenvalue weighted by Crippen LogP contribution is 2.54. The monoisotopic (exact) mass is 298 g/mol. The molecule has 4 atom stereocenters. The van der Waals surface area contributed by atoms with Crippen molar-refractivity contribution in [1.29, 1.82) is 0 Å². The van der Waals surface area contributed by atoms with Gasteiger partial charge < -0.3 is 9.53 Å². The standard InChI is InChI=1S/C20H26O2/c1-4-7-16-13(2)12-18-19(16)17-11-6-10-15(20(17)22-18)9-5-8-14(3)21/h4,6,10-11,13,16,18-19H,1,5,7-9,12H2,2-3H3/t13-,16+,18+,19+/m0/s1. The van der Waals surface area contributed by atoms with Gasteiger partial charge in [0, 0.05) is 17.9 Å². The Balaban J connectivity index is 1.82. The van der Waals surface area contributed by atoms with Crippen LogP contribution in [0.25, 0.3) is 0 Å². The topological polar surface area (TPSA) is 26.3 Å². The lowest BCUT2D eigenvalue weighted by Gasteiger charge is -2.20. The van der Waals surface area contributed by atoms with Gasteiger partial charge in [-0.15, -0.1) is 6.58 Å². The zero-order valence-corrected chi connectivity index (χ0v) is 13.7. The summed E-state index contributed by atoms with van der Waals surface area (Å²) < 4.78 is 6.35. The van der Waals surface area contributed by atoms with Gasteiger partial charge in [0.15, 0.2) is 0 Å². The van der Waals surface area contributed by atoms with Gasteiger partial charge in [0.2, 0.25) is 0 Å². The zero-order chi connectivity index (χ0) is 15.7. The summed E-state index contributed by atoms with van der Waals surface area (Å²) >= 11 is 0. The SMILES string of the molecule is C=CC[C@H]1[C@@H]2c3cccc(CCCC(C)=O)c3O[C@@H]2C[C@@H]1C. The van der Waals surface area contributed by atoms with Crippen LogP contribution in [0.15, 0.2) is 30.9 Å². The minimum absolute atomic E-state index is 0.269. The predicted octanol–water partition coefficient (Wildman–Crippen LogP) is 4.68. The molecule has 118 valence electrons. The number of carbonyl (C=O) groups excluding carboxylic acids is 1. The van der Waals surface area contributed by atoms with Crippen molar-refractivity contribution in [3.05, 3.63) is 42.0 Å². The average Bonchev–Trinajstić information content (AvgIpc) is 2.96. The first-order chi connectivity index (χ1) is 10.6. The van der Waals surface area contributed by atoms with Crippen LogP contribution in [0, 0.1) is 11.8 Å². The molecule has 1 heterocycles. The largest absolute Gasteiger partial charge is 0.489 e. The van der Waals surface area contributed by atoms with Crippen LogP contribution in [-0.4, -0.2) is 11.9 Å². The van der Waals surface area contributed by atoms with E-state index in [-0.39, 0.29) is 5.78 Å². The van der Waals surface area contributed by atoms with Crippen molar-refractivity contribution in [3.63, 3.8) is 0 Å². The second kappa shape index (κ2) is 6.28. The first kappa shape index (κ1) is 15.3. The van der Waals surface area contributed by atoms with Gasteiger partial charge in [-0.1, -0.05) is 31.2 Å². The van der Waals surface area contributed by atoms with Crippen molar-refractivity contribution < 1.29 is 9.53 Å². The molecular weight excluding hydrogens is 272 g/mol. The lowest BCUT2D eigenvalue weighted by molar-refractivity contribution is -0.117. The third kappa shape index (κ3) is 2.71. The van der Waals surface area contributed by atoms with E-state index in [4.69, 9.17) is 4.74 Å². The molecule has 1 aromatic carbocycles. The normalized spacial score (nSPS) is 28.8. The molecule has 0 N–H and O–H groups in total. The van der Waals surface area contributed by atoms with E-state index in [2.05, 4.69) is 37.8 Å². The number of rotatable bonds is 6. The van der Waals surface area contributed by atoms with Gasteiger partial charge in [-0.2, -0.15) is 0 Å². The number of fused-ring (bicyclic) bond motifs is 3. The maximum Gasteiger partial charge on any atom is 0.129 e. The van der Waals surface area contributed by atoms with Crippen LogP contribution in [0.1, 0.15) is 56.6 Å². The van der Waals surface area contributed by atoms with Gasteiger partial charge in [0.1, 0.15) is 17.6 Å². The molecule has 1 aromatic rings. The van der Waals surface area contributed by atoms with Crippen LogP contribution in [0.3, 0.4) is 0 Å². The molecule has 22 heavy (non-hydrogen) atoms. The molecule has 1 aliphatic carbocycles. The highest BCUT2D eigenvalue weighted by Gasteiger charge is 2.47. The molecule has 0 saturated heterocycles. The van der Waals surface area contributed by atoms with Crippen molar-refractivity contribution in [1.82, 2.24) is 0 Å². The van der Waals surface area contributed by atoms with Crippen LogP contribution in [0.5, 0.6) is 5.75 Å². The van der Waals surface area contributed by atoms with E-state index in [1.165, 1.54) is 11.1 Å². The van der Waals surface area contributed by atoms with Crippen molar-refractivity contribution in [2.75, 3.05) is 0 Å². The van der Waals surface area contributed by atoms with Crippen LogP contribution in [0.2, 0.25) is 0 Å². The first-order valence-electron chi connectivity index (χ1n) is 8.50. The molecule has 1 saturated carbocycles. The minimum Gasteiger partial charge on any atom is -0.489 e. The number of aryl methyl sites for hydroxylation is 1. The van der Waals surface area contributed by atoms with Gasteiger partial charge in [-0.25, -0.2) is 0 Å². The van der Waals surface area contributed by atoms with Gasteiger partial charge in [-0.3, -0.25) is 0 Å². The van der Waals surface area contributed by atoms with E-state index in [9.17, 15) is 4.79 Å². The smallest absolute Gasteiger partial charge is 0.129 e. The Kier molecular flexibility index (Phi) is 4.37. The second-order valence-corrected chi connectivity index (χ2v) is 6.97. The summed E-state index contributed by atoms with van der Waals surface area (Å²) in [7, 11) is 0. The Morgan fingerprint density at radius 2 is 2.27 bits per heavy atom. The summed E-state index contributed by atoms with van der Waals surface area (Å²) in [5.41, 5.74) is 2.67. The summed E-state index contributed by atoms with van der Waals surface area (Å²) in [5, 5.41) is 0. The van der Waals surface area contributed by atoms with E-state index in [0.717, 1.165) is 31.4 Å². The summed E-state index contributed by atoms with van der Waals surface area (Å²) in [5.74, 6) is 3.25. The van der Waals surface area contributed by atoms with E-state index < -0.39 is 0 Å². The zero-order valence-electron chi connectivity index (χ0n) is 13.7. The third-order valence-corrected chi connectivity index (χ3v) is 5.37. The molecule has 0 spiro atoms. The predicted molar refractivity (Wildman–Crippen MR) is 89.3 cm³/mol. The molecule has 0 unspecified atom stereocenters. The first-order valence-corrected chi connectivity index (χ1v) is 8.50. The number of Topliss-reactive ketones (excluding diaryl/α,β-unsaturated/α-hetero) is 1. The molecule has 0 radical (unpaired) electrons. The Morgan fingerprint density at radius 1 is 1.45 bits per heavy atom. The molecule has 0 aromatic heterocycles. The second-order valence-electron chi connectivity index (χ2n) is 6.97. The average molecular weight is 298 g/mol. The molecule has 0 bridgehead atoms. The highest BCUT2D eigenvalue weighted by molar-refractivity contribution is 5.75. The van der Waals surface area contributed by atoms with E-state index in [1.54, 1.807) is 6.92 Å². The molecule has 1 fully saturated rings. The maximum absolute atomic E-state index is 11.1. The number of ketones is 1. The van der Waals surface area contributed by atoms with Gasteiger partial charge in [0.05, 0.1) is 0 Å². The maximum atomic E-state index is 11.1. The van der Waals surface area contributed by atoms with E-state index in [0.29, 0.717) is 30.3 Å². The molecule has 2 aliphatic rings. The van der Waals surface area contributed by atoms with Gasteiger partial charge in [0.25, 0.3) is 0 Å².